The average Bonchev–Trinajstić information content (AvgIpc) is 2.79. The molecular formula is C24H23BrN6O3. The minimum absolute atomic E-state index is 0.0694. The second kappa shape index (κ2) is 11.2. The van der Waals surface area contributed by atoms with Crippen LogP contribution >= 0.6 is 15.9 Å². The van der Waals surface area contributed by atoms with Gasteiger partial charge in [-0.15, -0.1) is 0 Å². The SMILES string of the molecule is CC(NC(=O)CC(=O)Nc1ccc(C(=N)N)cc1)c1ccc(C(=O)Nc2cccnc2)c(Br)c1. The number of hydrogen-bond acceptors (Lipinski definition) is 5. The van der Waals surface area contributed by atoms with E-state index in [1.165, 1.54) is 0 Å². The second-order valence-corrected chi connectivity index (χ2v) is 8.29. The molecule has 9 nitrogen and oxygen atoms in total. The number of pyridine rings is 1. The van der Waals surface area contributed by atoms with Crippen molar-refractivity contribution in [3.05, 3.63) is 88.2 Å². The van der Waals surface area contributed by atoms with E-state index >= 15 is 0 Å². The molecule has 3 rings (SSSR count). The number of nitrogen functional groups attached to an aromatic ring is 1. The van der Waals surface area contributed by atoms with Gasteiger partial charge in [0.1, 0.15) is 12.3 Å². The number of nitrogens with one attached hydrogen (secondary N) is 4. The Labute approximate surface area is 204 Å². The standard InChI is InChI=1S/C24H23BrN6O3/c1-14(29-21(32)12-22(33)30-17-7-4-15(5-8-17)23(26)27)16-6-9-19(20(25)11-16)24(34)31-18-3-2-10-28-13-18/h2-11,13-14H,12H2,1H3,(H3,26,27)(H,29,32)(H,30,33)(H,31,34). The highest BCUT2D eigenvalue weighted by Gasteiger charge is 2.16. The van der Waals surface area contributed by atoms with Crippen molar-refractivity contribution in [1.82, 2.24) is 10.3 Å². The third-order valence-corrected chi connectivity index (χ3v) is 5.49. The molecule has 0 aliphatic rings. The maximum Gasteiger partial charge on any atom is 0.256 e. The number of halogens is 1. The van der Waals surface area contributed by atoms with Gasteiger partial charge in [-0.05, 0) is 76.9 Å². The lowest BCUT2D eigenvalue weighted by atomic mass is 10.1. The van der Waals surface area contributed by atoms with E-state index in [1.54, 1.807) is 73.9 Å². The van der Waals surface area contributed by atoms with Gasteiger partial charge in [0.25, 0.3) is 5.91 Å². The van der Waals surface area contributed by atoms with Crippen LogP contribution in [0.3, 0.4) is 0 Å². The number of nitrogens with zero attached hydrogens (tertiary/aromatic N) is 1. The van der Waals surface area contributed by atoms with E-state index in [-0.39, 0.29) is 24.2 Å². The zero-order chi connectivity index (χ0) is 24.7. The summed E-state index contributed by atoms with van der Waals surface area (Å²) in [7, 11) is 0. The van der Waals surface area contributed by atoms with E-state index in [4.69, 9.17) is 11.1 Å². The van der Waals surface area contributed by atoms with Crippen LogP contribution in [-0.2, 0) is 9.59 Å². The van der Waals surface area contributed by atoms with Gasteiger partial charge >= 0.3 is 0 Å². The highest BCUT2D eigenvalue weighted by molar-refractivity contribution is 9.10. The Morgan fingerprint density at radius 3 is 2.38 bits per heavy atom. The van der Waals surface area contributed by atoms with Gasteiger partial charge < -0.3 is 21.7 Å². The molecule has 0 fully saturated rings. The van der Waals surface area contributed by atoms with Gasteiger partial charge in [0.2, 0.25) is 11.8 Å². The molecule has 34 heavy (non-hydrogen) atoms. The normalized spacial score (nSPS) is 11.2. The largest absolute Gasteiger partial charge is 0.384 e. The third-order valence-electron chi connectivity index (χ3n) is 4.84. The molecule has 6 N–H and O–H groups in total. The summed E-state index contributed by atoms with van der Waals surface area (Å²) < 4.78 is 0.569. The average molecular weight is 523 g/mol. The van der Waals surface area contributed by atoms with Gasteiger partial charge in [-0.1, -0.05) is 6.07 Å². The number of carbonyl (C=O) groups is 3. The Morgan fingerprint density at radius 1 is 1.03 bits per heavy atom. The van der Waals surface area contributed by atoms with Crippen LogP contribution in [0.4, 0.5) is 11.4 Å². The smallest absolute Gasteiger partial charge is 0.256 e. The zero-order valence-corrected chi connectivity index (χ0v) is 19.8. The fraction of sp³-hybridized carbons (Fsp3) is 0.125. The molecule has 174 valence electrons. The monoisotopic (exact) mass is 522 g/mol. The maximum absolute atomic E-state index is 12.5. The summed E-state index contributed by atoms with van der Waals surface area (Å²) >= 11 is 3.41. The van der Waals surface area contributed by atoms with Crippen LogP contribution in [0.1, 0.15) is 40.9 Å². The van der Waals surface area contributed by atoms with Crippen LogP contribution in [0.5, 0.6) is 0 Å². The number of hydrogen-bond donors (Lipinski definition) is 5. The molecule has 10 heteroatoms. The Hall–Kier alpha value is -4.05. The van der Waals surface area contributed by atoms with E-state index in [0.717, 1.165) is 5.56 Å². The van der Waals surface area contributed by atoms with Crippen molar-refractivity contribution in [2.24, 2.45) is 5.73 Å². The van der Waals surface area contributed by atoms with Gasteiger partial charge in [0, 0.05) is 21.9 Å². The molecule has 3 aromatic rings. The van der Waals surface area contributed by atoms with Crippen molar-refractivity contribution in [3.8, 4) is 0 Å². The lowest BCUT2D eigenvalue weighted by Crippen LogP contribution is -2.30. The summed E-state index contributed by atoms with van der Waals surface area (Å²) in [6.07, 6.45) is 2.81. The summed E-state index contributed by atoms with van der Waals surface area (Å²) in [5.41, 5.74) is 8.22. The highest BCUT2D eigenvalue weighted by Crippen LogP contribution is 2.23. The van der Waals surface area contributed by atoms with Gasteiger partial charge in [-0.3, -0.25) is 24.8 Å². The number of amides is 3. The molecule has 0 aliphatic carbocycles. The highest BCUT2D eigenvalue weighted by atomic mass is 79.9. The van der Waals surface area contributed by atoms with E-state index < -0.39 is 11.8 Å². The van der Waals surface area contributed by atoms with E-state index in [0.29, 0.717) is 27.0 Å². The predicted octanol–water partition coefficient (Wildman–Crippen LogP) is 3.59. The Morgan fingerprint density at radius 2 is 1.76 bits per heavy atom. The van der Waals surface area contributed by atoms with Crippen molar-refractivity contribution in [3.63, 3.8) is 0 Å². The molecule has 1 aromatic heterocycles. The minimum atomic E-state index is -0.469. The fourth-order valence-corrected chi connectivity index (χ4v) is 3.66. The molecule has 0 aliphatic heterocycles. The molecule has 1 atom stereocenters. The summed E-state index contributed by atoms with van der Waals surface area (Å²) in [6.45, 7) is 1.79. The van der Waals surface area contributed by atoms with Gasteiger partial charge in [-0.25, -0.2) is 0 Å². The number of carbonyl (C=O) groups excluding carboxylic acids is 3. The molecule has 1 unspecified atom stereocenters. The molecule has 0 spiro atoms. The molecule has 3 amide bonds. The summed E-state index contributed by atoms with van der Waals surface area (Å²) in [5.74, 6) is -1.28. The first-order valence-electron chi connectivity index (χ1n) is 10.3. The van der Waals surface area contributed by atoms with E-state index in [1.807, 2.05) is 0 Å². The Balaban J connectivity index is 1.55. The Kier molecular flexibility index (Phi) is 8.10. The van der Waals surface area contributed by atoms with E-state index in [2.05, 4.69) is 36.9 Å². The van der Waals surface area contributed by atoms with Gasteiger partial charge in [0.15, 0.2) is 0 Å². The molecule has 2 aromatic carbocycles. The minimum Gasteiger partial charge on any atom is -0.384 e. The molecule has 0 radical (unpaired) electrons. The second-order valence-electron chi connectivity index (χ2n) is 7.44. The van der Waals surface area contributed by atoms with Crippen LogP contribution in [0.15, 0.2) is 71.5 Å². The number of nitrogens with two attached hydrogens (primary N) is 1. The van der Waals surface area contributed by atoms with Crippen LogP contribution in [0.25, 0.3) is 0 Å². The number of amidine groups is 1. The quantitative estimate of drug-likeness (QED) is 0.174. The number of benzene rings is 2. The zero-order valence-electron chi connectivity index (χ0n) is 18.3. The van der Waals surface area contributed by atoms with Crippen molar-refractivity contribution in [2.75, 3.05) is 10.6 Å². The number of aromatic nitrogens is 1. The molecule has 1 heterocycles. The van der Waals surface area contributed by atoms with Crippen molar-refractivity contribution in [2.45, 2.75) is 19.4 Å². The predicted molar refractivity (Wildman–Crippen MR) is 134 cm³/mol. The molecule has 0 bridgehead atoms. The van der Waals surface area contributed by atoms with Crippen LogP contribution < -0.4 is 21.7 Å². The van der Waals surface area contributed by atoms with Crippen molar-refractivity contribution < 1.29 is 14.4 Å². The first-order valence-corrected chi connectivity index (χ1v) is 11.1. The maximum atomic E-state index is 12.5. The van der Waals surface area contributed by atoms with Crippen molar-refractivity contribution >= 4 is 50.9 Å². The fourth-order valence-electron chi connectivity index (χ4n) is 3.08. The third kappa shape index (κ3) is 6.72. The molecule has 0 saturated carbocycles. The van der Waals surface area contributed by atoms with Crippen molar-refractivity contribution in [1.29, 1.82) is 5.41 Å². The summed E-state index contributed by atoms with van der Waals surface area (Å²) in [5, 5.41) is 15.6. The molecular weight excluding hydrogens is 500 g/mol. The van der Waals surface area contributed by atoms with Crippen LogP contribution in [-0.4, -0.2) is 28.5 Å². The molecule has 0 saturated heterocycles. The van der Waals surface area contributed by atoms with Crippen LogP contribution in [0.2, 0.25) is 0 Å². The van der Waals surface area contributed by atoms with Gasteiger partial charge in [-0.2, -0.15) is 0 Å². The Bertz CT molecular complexity index is 1220. The first-order chi connectivity index (χ1) is 16.2. The van der Waals surface area contributed by atoms with Crippen LogP contribution in [0, 0.1) is 5.41 Å². The summed E-state index contributed by atoms with van der Waals surface area (Å²) in [6, 6.07) is 14.7. The lowest BCUT2D eigenvalue weighted by molar-refractivity contribution is -0.127. The lowest BCUT2D eigenvalue weighted by Gasteiger charge is -2.16. The summed E-state index contributed by atoms with van der Waals surface area (Å²) in [4.78, 5) is 41.0. The van der Waals surface area contributed by atoms with Gasteiger partial charge in [0.05, 0.1) is 23.5 Å². The number of rotatable bonds is 8. The number of anilines is 2. The topological polar surface area (TPSA) is 150 Å². The van der Waals surface area contributed by atoms with E-state index in [9.17, 15) is 14.4 Å². The first kappa shape index (κ1) is 24.6.